The Bertz CT molecular complexity index is 204. The lowest BCUT2D eigenvalue weighted by Crippen LogP contribution is -2.17. The predicted molar refractivity (Wildman–Crippen MR) is 79.3 cm³/mol. The minimum absolute atomic E-state index is 0.229. The van der Waals surface area contributed by atoms with Gasteiger partial charge in [0, 0.05) is 0 Å². The summed E-state index contributed by atoms with van der Waals surface area (Å²) in [5, 5.41) is 17.7. The number of carboxylic acids is 1. The highest BCUT2D eigenvalue weighted by Crippen LogP contribution is 2.14. The van der Waals surface area contributed by atoms with Gasteiger partial charge in [-0.05, 0) is 6.42 Å². The number of carbonyl (C=O) groups is 1. The van der Waals surface area contributed by atoms with Gasteiger partial charge in [0.05, 0.1) is 12.5 Å². The highest BCUT2D eigenvalue weighted by Gasteiger charge is 2.14. The first-order valence-corrected chi connectivity index (χ1v) is 8.06. The van der Waals surface area contributed by atoms with Gasteiger partial charge < -0.3 is 10.2 Å². The molecule has 2 N–H and O–H groups in total. The predicted octanol–water partition coefficient (Wildman–Crippen LogP) is 4.38. The minimum atomic E-state index is -0.866. The molecular weight excluding hydrogens is 240 g/mol. The molecule has 0 radical (unpaired) electrons. The molecule has 0 aliphatic rings. The largest absolute Gasteiger partial charge is 0.481 e. The number of carboxylic acid groups (broad SMARTS) is 1. The van der Waals surface area contributed by atoms with Gasteiger partial charge in [0.25, 0.3) is 0 Å². The lowest BCUT2D eigenvalue weighted by Gasteiger charge is -2.08. The summed E-state index contributed by atoms with van der Waals surface area (Å²) >= 11 is 0. The van der Waals surface area contributed by atoms with E-state index in [1.807, 2.05) is 0 Å². The summed E-state index contributed by atoms with van der Waals surface area (Å²) < 4.78 is 0. The van der Waals surface area contributed by atoms with Crippen LogP contribution in [0.1, 0.15) is 84.0 Å². The Morgan fingerprint density at radius 1 is 0.842 bits per heavy atom. The maximum absolute atomic E-state index is 10.7. The first-order valence-electron chi connectivity index (χ1n) is 8.06. The molecular formula is C16H32O3. The van der Waals surface area contributed by atoms with Gasteiger partial charge in [-0.1, -0.05) is 77.6 Å². The molecule has 1 atom stereocenters. The van der Waals surface area contributed by atoms with Crippen LogP contribution in [0.25, 0.3) is 0 Å². The molecule has 0 saturated heterocycles. The van der Waals surface area contributed by atoms with Gasteiger partial charge in [0.1, 0.15) is 0 Å². The van der Waals surface area contributed by atoms with E-state index in [2.05, 4.69) is 6.92 Å². The molecule has 114 valence electrons. The maximum Gasteiger partial charge on any atom is 0.308 e. The van der Waals surface area contributed by atoms with Gasteiger partial charge in [-0.3, -0.25) is 4.79 Å². The summed E-state index contributed by atoms with van der Waals surface area (Å²) in [6, 6.07) is 0. The van der Waals surface area contributed by atoms with E-state index >= 15 is 0 Å². The van der Waals surface area contributed by atoms with Crippen LogP contribution in [-0.2, 0) is 4.79 Å². The van der Waals surface area contributed by atoms with E-state index < -0.39 is 11.9 Å². The second-order valence-corrected chi connectivity index (χ2v) is 5.54. The molecule has 0 bridgehead atoms. The Hall–Kier alpha value is -0.570. The molecule has 0 saturated carbocycles. The van der Waals surface area contributed by atoms with Crippen molar-refractivity contribution in [3.63, 3.8) is 0 Å². The molecule has 19 heavy (non-hydrogen) atoms. The third kappa shape index (κ3) is 12.2. The van der Waals surface area contributed by atoms with E-state index in [1.165, 1.54) is 57.8 Å². The smallest absolute Gasteiger partial charge is 0.308 e. The number of unbranched alkanes of at least 4 members (excludes halogenated alkanes) is 10. The maximum atomic E-state index is 10.7. The Morgan fingerprint density at radius 2 is 1.26 bits per heavy atom. The van der Waals surface area contributed by atoms with Crippen LogP contribution in [0.2, 0.25) is 0 Å². The van der Waals surface area contributed by atoms with Crippen LogP contribution in [0.15, 0.2) is 0 Å². The van der Waals surface area contributed by atoms with Crippen LogP contribution in [0.4, 0.5) is 0 Å². The topological polar surface area (TPSA) is 57.5 Å². The molecule has 0 aliphatic carbocycles. The molecule has 3 heteroatoms. The molecule has 0 amide bonds. The van der Waals surface area contributed by atoms with Crippen molar-refractivity contribution in [1.82, 2.24) is 0 Å². The number of hydrogen-bond donors (Lipinski definition) is 2. The molecule has 0 aromatic rings. The number of rotatable bonds is 14. The summed E-state index contributed by atoms with van der Waals surface area (Å²) in [5.74, 6) is -1.42. The van der Waals surface area contributed by atoms with Crippen molar-refractivity contribution in [2.75, 3.05) is 6.61 Å². The number of aliphatic hydroxyl groups is 1. The molecule has 0 fully saturated rings. The standard InChI is InChI=1S/C16H32O3/c1-2-3-4-5-6-7-8-9-10-11-12-13-15(14-17)16(18)19/h15,17H,2-14H2,1H3,(H,18,19). The fraction of sp³-hybridized carbons (Fsp3) is 0.938. The number of aliphatic carboxylic acids is 1. The normalized spacial score (nSPS) is 12.5. The third-order valence-corrected chi connectivity index (χ3v) is 3.73. The van der Waals surface area contributed by atoms with Crippen LogP contribution >= 0.6 is 0 Å². The Morgan fingerprint density at radius 3 is 1.63 bits per heavy atom. The number of hydrogen-bond acceptors (Lipinski definition) is 2. The molecule has 0 spiro atoms. The van der Waals surface area contributed by atoms with E-state index in [0.717, 1.165) is 12.8 Å². The Balaban J connectivity index is 3.16. The highest BCUT2D eigenvalue weighted by atomic mass is 16.4. The minimum Gasteiger partial charge on any atom is -0.481 e. The quantitative estimate of drug-likeness (QED) is 0.461. The average molecular weight is 272 g/mol. The lowest BCUT2D eigenvalue weighted by molar-refractivity contribution is -0.143. The van der Waals surface area contributed by atoms with E-state index in [0.29, 0.717) is 6.42 Å². The van der Waals surface area contributed by atoms with Crippen LogP contribution in [0.5, 0.6) is 0 Å². The summed E-state index contributed by atoms with van der Waals surface area (Å²) in [6.45, 7) is 2.01. The van der Waals surface area contributed by atoms with Gasteiger partial charge in [-0.15, -0.1) is 0 Å². The van der Waals surface area contributed by atoms with Gasteiger partial charge >= 0.3 is 5.97 Å². The van der Waals surface area contributed by atoms with Crippen LogP contribution in [0.3, 0.4) is 0 Å². The molecule has 0 aliphatic heterocycles. The fourth-order valence-electron chi connectivity index (χ4n) is 2.35. The Labute approximate surface area is 118 Å². The summed E-state index contributed by atoms with van der Waals surface area (Å²) in [7, 11) is 0. The lowest BCUT2D eigenvalue weighted by atomic mass is 10.0. The zero-order valence-corrected chi connectivity index (χ0v) is 12.6. The van der Waals surface area contributed by atoms with Gasteiger partial charge in [-0.25, -0.2) is 0 Å². The average Bonchev–Trinajstić information content (AvgIpc) is 2.40. The molecule has 0 aromatic heterocycles. The molecule has 0 heterocycles. The first-order chi connectivity index (χ1) is 9.22. The zero-order valence-electron chi connectivity index (χ0n) is 12.6. The van der Waals surface area contributed by atoms with Crippen LogP contribution in [-0.4, -0.2) is 22.8 Å². The SMILES string of the molecule is CCCCCCCCCCCCCC(CO)C(=O)O. The first kappa shape index (κ1) is 18.4. The third-order valence-electron chi connectivity index (χ3n) is 3.73. The van der Waals surface area contributed by atoms with Gasteiger partial charge in [0.15, 0.2) is 0 Å². The molecule has 0 aromatic carbocycles. The van der Waals surface area contributed by atoms with E-state index in [-0.39, 0.29) is 6.61 Å². The monoisotopic (exact) mass is 272 g/mol. The van der Waals surface area contributed by atoms with Crippen LogP contribution in [0, 0.1) is 5.92 Å². The molecule has 3 nitrogen and oxygen atoms in total. The fourth-order valence-corrected chi connectivity index (χ4v) is 2.35. The highest BCUT2D eigenvalue weighted by molar-refractivity contribution is 5.69. The van der Waals surface area contributed by atoms with Crippen molar-refractivity contribution in [3.8, 4) is 0 Å². The second kappa shape index (κ2) is 13.9. The van der Waals surface area contributed by atoms with E-state index in [1.54, 1.807) is 0 Å². The molecule has 1 unspecified atom stereocenters. The zero-order chi connectivity index (χ0) is 14.3. The van der Waals surface area contributed by atoms with Crippen molar-refractivity contribution in [2.24, 2.45) is 5.92 Å². The molecule has 0 rings (SSSR count). The van der Waals surface area contributed by atoms with Crippen molar-refractivity contribution >= 4 is 5.97 Å². The summed E-state index contributed by atoms with van der Waals surface area (Å²) in [5.41, 5.74) is 0. The van der Waals surface area contributed by atoms with Crippen LogP contribution < -0.4 is 0 Å². The number of aliphatic hydroxyl groups excluding tert-OH is 1. The van der Waals surface area contributed by atoms with Crippen molar-refractivity contribution < 1.29 is 15.0 Å². The van der Waals surface area contributed by atoms with Crippen molar-refractivity contribution in [1.29, 1.82) is 0 Å². The summed E-state index contributed by atoms with van der Waals surface area (Å²) in [4.78, 5) is 10.7. The van der Waals surface area contributed by atoms with Crippen molar-refractivity contribution in [2.45, 2.75) is 84.0 Å². The summed E-state index contributed by atoms with van der Waals surface area (Å²) in [6.07, 6.45) is 14.6. The van der Waals surface area contributed by atoms with Crippen molar-refractivity contribution in [3.05, 3.63) is 0 Å². The second-order valence-electron chi connectivity index (χ2n) is 5.54. The van der Waals surface area contributed by atoms with E-state index in [4.69, 9.17) is 10.2 Å². The Kier molecular flexibility index (Phi) is 13.4. The van der Waals surface area contributed by atoms with E-state index in [9.17, 15) is 4.79 Å². The van der Waals surface area contributed by atoms with Gasteiger partial charge in [-0.2, -0.15) is 0 Å². The van der Waals surface area contributed by atoms with Gasteiger partial charge in [0.2, 0.25) is 0 Å².